The summed E-state index contributed by atoms with van der Waals surface area (Å²) in [5.41, 5.74) is 1.94. The lowest BCUT2D eigenvalue weighted by Crippen LogP contribution is -2.39. The SMILES string of the molecule is CC1CCCN(C(=O)c2ccc(C(=O)Nc3ccccc3)cc2)C1. The van der Waals surface area contributed by atoms with E-state index in [9.17, 15) is 9.59 Å². The molecule has 1 heterocycles. The molecule has 2 aromatic carbocycles. The summed E-state index contributed by atoms with van der Waals surface area (Å²) in [5.74, 6) is 0.432. The molecule has 0 spiro atoms. The van der Waals surface area contributed by atoms with Gasteiger partial charge in [-0.15, -0.1) is 0 Å². The maximum atomic E-state index is 12.5. The Labute approximate surface area is 142 Å². The summed E-state index contributed by atoms with van der Waals surface area (Å²) in [6.45, 7) is 3.81. The van der Waals surface area contributed by atoms with Gasteiger partial charge in [0.15, 0.2) is 0 Å². The van der Waals surface area contributed by atoms with Gasteiger partial charge >= 0.3 is 0 Å². The van der Waals surface area contributed by atoms with E-state index in [0.717, 1.165) is 25.2 Å². The molecule has 0 saturated carbocycles. The predicted molar refractivity (Wildman–Crippen MR) is 95.1 cm³/mol. The molecule has 0 aliphatic carbocycles. The number of amides is 2. The van der Waals surface area contributed by atoms with Crippen molar-refractivity contribution in [2.45, 2.75) is 19.8 Å². The number of rotatable bonds is 3. The summed E-state index contributed by atoms with van der Waals surface area (Å²) in [4.78, 5) is 26.7. The molecule has 1 fully saturated rings. The molecular weight excluding hydrogens is 300 g/mol. The van der Waals surface area contributed by atoms with Crippen LogP contribution < -0.4 is 5.32 Å². The zero-order valence-corrected chi connectivity index (χ0v) is 13.9. The van der Waals surface area contributed by atoms with Crippen molar-refractivity contribution in [1.29, 1.82) is 0 Å². The summed E-state index contributed by atoms with van der Waals surface area (Å²) in [6, 6.07) is 16.2. The third-order valence-corrected chi connectivity index (χ3v) is 4.37. The van der Waals surface area contributed by atoms with E-state index in [1.807, 2.05) is 35.2 Å². The molecule has 124 valence electrons. The number of nitrogens with one attached hydrogen (secondary N) is 1. The fraction of sp³-hybridized carbons (Fsp3) is 0.300. The van der Waals surface area contributed by atoms with Gasteiger partial charge in [0.05, 0.1) is 0 Å². The van der Waals surface area contributed by atoms with E-state index in [-0.39, 0.29) is 11.8 Å². The zero-order valence-electron chi connectivity index (χ0n) is 13.9. The van der Waals surface area contributed by atoms with Crippen LogP contribution in [-0.4, -0.2) is 29.8 Å². The van der Waals surface area contributed by atoms with E-state index in [4.69, 9.17) is 0 Å². The van der Waals surface area contributed by atoms with E-state index < -0.39 is 0 Å². The fourth-order valence-corrected chi connectivity index (χ4v) is 3.05. The molecule has 3 rings (SSSR count). The van der Waals surface area contributed by atoms with Crippen LogP contribution in [0.5, 0.6) is 0 Å². The van der Waals surface area contributed by atoms with Crippen LogP contribution in [0.25, 0.3) is 0 Å². The minimum atomic E-state index is -0.174. The summed E-state index contributed by atoms with van der Waals surface area (Å²) >= 11 is 0. The lowest BCUT2D eigenvalue weighted by molar-refractivity contribution is 0.0682. The lowest BCUT2D eigenvalue weighted by Gasteiger charge is -2.31. The predicted octanol–water partition coefficient (Wildman–Crippen LogP) is 3.81. The van der Waals surface area contributed by atoms with Gasteiger partial charge in [-0.2, -0.15) is 0 Å². The molecule has 4 heteroatoms. The second kappa shape index (κ2) is 7.30. The normalized spacial score (nSPS) is 17.4. The van der Waals surface area contributed by atoms with Crippen LogP contribution >= 0.6 is 0 Å². The Morgan fingerprint density at radius 1 is 1.00 bits per heavy atom. The number of carbonyl (C=O) groups is 2. The summed E-state index contributed by atoms with van der Waals surface area (Å²) in [7, 11) is 0. The number of hydrogen-bond acceptors (Lipinski definition) is 2. The van der Waals surface area contributed by atoms with Crippen molar-refractivity contribution in [1.82, 2.24) is 4.90 Å². The van der Waals surface area contributed by atoms with Gasteiger partial charge in [-0.1, -0.05) is 25.1 Å². The molecule has 1 N–H and O–H groups in total. The van der Waals surface area contributed by atoms with Gasteiger partial charge in [-0.05, 0) is 55.2 Å². The molecule has 24 heavy (non-hydrogen) atoms. The Balaban J connectivity index is 1.66. The van der Waals surface area contributed by atoms with Crippen LogP contribution in [0.3, 0.4) is 0 Å². The molecule has 2 amide bonds. The van der Waals surface area contributed by atoms with Crippen LogP contribution in [0, 0.1) is 5.92 Å². The molecule has 2 aromatic rings. The number of benzene rings is 2. The quantitative estimate of drug-likeness (QED) is 0.934. The van der Waals surface area contributed by atoms with Crippen LogP contribution in [0.2, 0.25) is 0 Å². The number of piperidine rings is 1. The maximum Gasteiger partial charge on any atom is 0.255 e. The van der Waals surface area contributed by atoms with E-state index in [1.165, 1.54) is 6.42 Å². The molecule has 1 saturated heterocycles. The van der Waals surface area contributed by atoms with Crippen molar-refractivity contribution in [2.24, 2.45) is 5.92 Å². The third kappa shape index (κ3) is 3.82. The first kappa shape index (κ1) is 16.2. The van der Waals surface area contributed by atoms with Crippen LogP contribution in [-0.2, 0) is 0 Å². The summed E-state index contributed by atoms with van der Waals surface area (Å²) in [6.07, 6.45) is 2.24. The number of hydrogen-bond donors (Lipinski definition) is 1. The average molecular weight is 322 g/mol. The second-order valence-electron chi connectivity index (χ2n) is 6.40. The molecule has 0 aromatic heterocycles. The van der Waals surface area contributed by atoms with Crippen molar-refractivity contribution in [2.75, 3.05) is 18.4 Å². The first-order chi connectivity index (χ1) is 11.6. The lowest BCUT2D eigenvalue weighted by atomic mass is 9.99. The Bertz CT molecular complexity index is 710. The van der Waals surface area contributed by atoms with Gasteiger partial charge in [0.2, 0.25) is 0 Å². The topological polar surface area (TPSA) is 49.4 Å². The number of likely N-dealkylation sites (tertiary alicyclic amines) is 1. The Kier molecular flexibility index (Phi) is 4.94. The van der Waals surface area contributed by atoms with Gasteiger partial charge in [0.25, 0.3) is 11.8 Å². The number of anilines is 1. The highest BCUT2D eigenvalue weighted by atomic mass is 16.2. The van der Waals surface area contributed by atoms with E-state index in [1.54, 1.807) is 24.3 Å². The van der Waals surface area contributed by atoms with E-state index >= 15 is 0 Å². The summed E-state index contributed by atoms with van der Waals surface area (Å²) in [5, 5.41) is 2.84. The molecular formula is C20H22N2O2. The first-order valence-corrected chi connectivity index (χ1v) is 8.39. The van der Waals surface area contributed by atoms with Crippen molar-refractivity contribution >= 4 is 17.5 Å². The van der Waals surface area contributed by atoms with Gasteiger partial charge in [-0.3, -0.25) is 9.59 Å². The fourth-order valence-electron chi connectivity index (χ4n) is 3.05. The summed E-state index contributed by atoms with van der Waals surface area (Å²) < 4.78 is 0. The largest absolute Gasteiger partial charge is 0.338 e. The number of para-hydroxylation sites is 1. The monoisotopic (exact) mass is 322 g/mol. The number of nitrogens with zero attached hydrogens (tertiary/aromatic N) is 1. The average Bonchev–Trinajstić information content (AvgIpc) is 2.62. The zero-order chi connectivity index (χ0) is 16.9. The van der Waals surface area contributed by atoms with Crippen molar-refractivity contribution in [3.05, 3.63) is 65.7 Å². The van der Waals surface area contributed by atoms with E-state index in [0.29, 0.717) is 17.0 Å². The second-order valence-corrected chi connectivity index (χ2v) is 6.40. The highest BCUT2D eigenvalue weighted by Crippen LogP contribution is 2.18. The Morgan fingerprint density at radius 2 is 1.67 bits per heavy atom. The minimum Gasteiger partial charge on any atom is -0.338 e. The molecule has 1 aliphatic heterocycles. The van der Waals surface area contributed by atoms with Crippen LogP contribution in [0.15, 0.2) is 54.6 Å². The third-order valence-electron chi connectivity index (χ3n) is 4.37. The van der Waals surface area contributed by atoms with Gasteiger partial charge < -0.3 is 10.2 Å². The van der Waals surface area contributed by atoms with Crippen molar-refractivity contribution in [3.8, 4) is 0 Å². The Morgan fingerprint density at radius 3 is 2.33 bits per heavy atom. The van der Waals surface area contributed by atoms with Crippen molar-refractivity contribution < 1.29 is 9.59 Å². The minimum absolute atomic E-state index is 0.0524. The van der Waals surface area contributed by atoms with Crippen LogP contribution in [0.1, 0.15) is 40.5 Å². The van der Waals surface area contributed by atoms with Gasteiger partial charge in [0, 0.05) is 29.9 Å². The smallest absolute Gasteiger partial charge is 0.255 e. The van der Waals surface area contributed by atoms with Gasteiger partial charge in [-0.25, -0.2) is 0 Å². The van der Waals surface area contributed by atoms with Crippen molar-refractivity contribution in [3.63, 3.8) is 0 Å². The van der Waals surface area contributed by atoms with Crippen LogP contribution in [0.4, 0.5) is 5.69 Å². The molecule has 1 unspecified atom stereocenters. The highest BCUT2D eigenvalue weighted by molar-refractivity contribution is 6.05. The Hall–Kier alpha value is -2.62. The standard InChI is InChI=1S/C20H22N2O2/c1-15-6-5-13-22(14-15)20(24)17-11-9-16(10-12-17)19(23)21-18-7-3-2-4-8-18/h2-4,7-12,15H,5-6,13-14H2,1H3,(H,21,23). The highest BCUT2D eigenvalue weighted by Gasteiger charge is 2.22. The first-order valence-electron chi connectivity index (χ1n) is 8.39. The molecule has 0 bridgehead atoms. The molecule has 1 aliphatic rings. The van der Waals surface area contributed by atoms with E-state index in [2.05, 4.69) is 12.2 Å². The number of carbonyl (C=O) groups excluding carboxylic acids is 2. The van der Waals surface area contributed by atoms with Gasteiger partial charge in [0.1, 0.15) is 0 Å². The molecule has 0 radical (unpaired) electrons. The molecule has 4 nitrogen and oxygen atoms in total. The maximum absolute atomic E-state index is 12.5. The molecule has 1 atom stereocenters.